The van der Waals surface area contributed by atoms with E-state index in [1.54, 1.807) is 25.1 Å². The molecule has 3 nitrogen and oxygen atoms in total. The molecule has 0 saturated carbocycles. The lowest BCUT2D eigenvalue weighted by molar-refractivity contribution is -0.122. The fourth-order valence-corrected chi connectivity index (χ4v) is 1.22. The third-order valence-electron chi connectivity index (χ3n) is 1.87. The Hall–Kier alpha value is -0.930. The Morgan fingerprint density at radius 1 is 1.53 bits per heavy atom. The number of rotatable bonds is 4. The third kappa shape index (κ3) is 3.61. The van der Waals surface area contributed by atoms with Gasteiger partial charge in [-0.2, -0.15) is 0 Å². The van der Waals surface area contributed by atoms with Crippen molar-refractivity contribution in [3.8, 4) is 5.75 Å². The molecule has 0 aliphatic carbocycles. The Kier molecular flexibility index (Phi) is 4.24. The van der Waals surface area contributed by atoms with E-state index in [4.69, 9.17) is 33.7 Å². The molecule has 15 heavy (non-hydrogen) atoms. The molecule has 0 saturated heterocycles. The van der Waals surface area contributed by atoms with Crippen LogP contribution in [0.25, 0.3) is 0 Å². The summed E-state index contributed by atoms with van der Waals surface area (Å²) in [5, 5.41) is 0.984. The zero-order valence-corrected chi connectivity index (χ0v) is 9.68. The molecule has 0 aromatic heterocycles. The van der Waals surface area contributed by atoms with Gasteiger partial charge in [-0.1, -0.05) is 30.1 Å². The first-order valence-electron chi connectivity index (χ1n) is 4.38. The number of amides is 1. The number of benzene rings is 1. The molecule has 1 unspecified atom stereocenters. The summed E-state index contributed by atoms with van der Waals surface area (Å²) in [6.07, 6.45) is 0. The molecule has 1 aromatic rings. The van der Waals surface area contributed by atoms with Crippen LogP contribution < -0.4 is 10.5 Å². The molecule has 1 aromatic carbocycles. The number of nitrogens with two attached hydrogens (primary N) is 1. The van der Waals surface area contributed by atoms with Crippen LogP contribution in [0.2, 0.25) is 10.0 Å². The summed E-state index contributed by atoms with van der Waals surface area (Å²) >= 11 is 11.6. The van der Waals surface area contributed by atoms with E-state index in [2.05, 4.69) is 0 Å². The maximum absolute atomic E-state index is 10.8. The lowest BCUT2D eigenvalue weighted by Gasteiger charge is -2.11. The van der Waals surface area contributed by atoms with Crippen LogP contribution in [0.3, 0.4) is 0 Å². The second kappa shape index (κ2) is 5.24. The Morgan fingerprint density at radius 2 is 2.20 bits per heavy atom. The largest absolute Gasteiger partial charge is 0.491 e. The van der Waals surface area contributed by atoms with Crippen molar-refractivity contribution in [1.82, 2.24) is 0 Å². The minimum Gasteiger partial charge on any atom is -0.491 e. The maximum atomic E-state index is 10.8. The van der Waals surface area contributed by atoms with Gasteiger partial charge in [0.2, 0.25) is 5.91 Å². The van der Waals surface area contributed by atoms with Crippen molar-refractivity contribution in [2.75, 3.05) is 6.61 Å². The van der Waals surface area contributed by atoms with Crippen LogP contribution >= 0.6 is 23.2 Å². The monoisotopic (exact) mass is 247 g/mol. The first-order chi connectivity index (χ1) is 7.00. The van der Waals surface area contributed by atoms with Gasteiger partial charge in [0, 0.05) is 11.1 Å². The summed E-state index contributed by atoms with van der Waals surface area (Å²) < 4.78 is 5.32. The van der Waals surface area contributed by atoms with Crippen molar-refractivity contribution in [1.29, 1.82) is 0 Å². The molecule has 0 aliphatic heterocycles. The quantitative estimate of drug-likeness (QED) is 0.889. The normalized spacial score (nSPS) is 12.2. The van der Waals surface area contributed by atoms with E-state index < -0.39 is 5.91 Å². The smallest absolute Gasteiger partial charge is 0.223 e. The highest BCUT2D eigenvalue weighted by Gasteiger charge is 2.10. The van der Waals surface area contributed by atoms with E-state index in [9.17, 15) is 4.79 Å². The average molecular weight is 248 g/mol. The number of ether oxygens (including phenoxy) is 1. The molecule has 1 atom stereocenters. The van der Waals surface area contributed by atoms with Gasteiger partial charge in [-0.3, -0.25) is 4.79 Å². The highest BCUT2D eigenvalue weighted by Crippen LogP contribution is 2.27. The predicted octanol–water partition coefficient (Wildman–Crippen LogP) is 2.49. The van der Waals surface area contributed by atoms with E-state index >= 15 is 0 Å². The van der Waals surface area contributed by atoms with Crippen molar-refractivity contribution < 1.29 is 9.53 Å². The van der Waals surface area contributed by atoms with Gasteiger partial charge in [-0.15, -0.1) is 0 Å². The Bertz CT molecular complexity index is 368. The molecule has 82 valence electrons. The van der Waals surface area contributed by atoms with Gasteiger partial charge in [-0.25, -0.2) is 0 Å². The van der Waals surface area contributed by atoms with Crippen molar-refractivity contribution in [3.63, 3.8) is 0 Å². The fraction of sp³-hybridized carbons (Fsp3) is 0.300. The number of primary amides is 1. The second-order valence-corrected chi connectivity index (χ2v) is 4.03. The van der Waals surface area contributed by atoms with Gasteiger partial charge in [0.25, 0.3) is 0 Å². The molecule has 2 N–H and O–H groups in total. The summed E-state index contributed by atoms with van der Waals surface area (Å²) in [5.74, 6) is -0.314. The van der Waals surface area contributed by atoms with Crippen molar-refractivity contribution in [2.45, 2.75) is 6.92 Å². The molecule has 0 heterocycles. The van der Waals surface area contributed by atoms with Crippen LogP contribution in [-0.4, -0.2) is 12.5 Å². The van der Waals surface area contributed by atoms with Crippen LogP contribution in [0.4, 0.5) is 0 Å². The molecule has 5 heteroatoms. The van der Waals surface area contributed by atoms with E-state index in [1.807, 2.05) is 0 Å². The highest BCUT2D eigenvalue weighted by molar-refractivity contribution is 6.34. The van der Waals surface area contributed by atoms with Gasteiger partial charge >= 0.3 is 0 Å². The number of carbonyl (C=O) groups is 1. The van der Waals surface area contributed by atoms with Crippen molar-refractivity contribution >= 4 is 29.1 Å². The Balaban J connectivity index is 2.65. The minimum atomic E-state index is -0.409. The first kappa shape index (κ1) is 12.1. The average Bonchev–Trinajstić information content (AvgIpc) is 2.18. The number of halogens is 2. The number of hydrogen-bond acceptors (Lipinski definition) is 2. The van der Waals surface area contributed by atoms with E-state index in [-0.39, 0.29) is 12.5 Å². The van der Waals surface area contributed by atoms with Crippen LogP contribution in [-0.2, 0) is 4.79 Å². The zero-order chi connectivity index (χ0) is 11.4. The molecule has 0 radical (unpaired) electrons. The number of carbonyl (C=O) groups excluding carboxylic acids is 1. The van der Waals surface area contributed by atoms with Gasteiger partial charge in [-0.05, 0) is 12.1 Å². The van der Waals surface area contributed by atoms with Crippen molar-refractivity contribution in [3.05, 3.63) is 28.2 Å². The maximum Gasteiger partial charge on any atom is 0.223 e. The van der Waals surface area contributed by atoms with E-state index in [0.29, 0.717) is 15.8 Å². The lowest BCUT2D eigenvalue weighted by Crippen LogP contribution is -2.25. The summed E-state index contributed by atoms with van der Waals surface area (Å²) in [7, 11) is 0. The molecule has 0 spiro atoms. The van der Waals surface area contributed by atoms with Crippen LogP contribution in [0.15, 0.2) is 18.2 Å². The number of hydrogen-bond donors (Lipinski definition) is 1. The van der Waals surface area contributed by atoms with Crippen LogP contribution in [0, 0.1) is 5.92 Å². The van der Waals surface area contributed by atoms with Crippen molar-refractivity contribution in [2.24, 2.45) is 11.7 Å². The predicted molar refractivity (Wildman–Crippen MR) is 60.3 cm³/mol. The fourth-order valence-electron chi connectivity index (χ4n) is 0.885. The first-order valence-corrected chi connectivity index (χ1v) is 5.13. The minimum absolute atomic E-state index is 0.190. The molecule has 1 rings (SSSR count). The molecule has 0 aliphatic rings. The SMILES string of the molecule is CC(COc1cc(Cl)ccc1Cl)C(N)=O. The van der Waals surface area contributed by atoms with E-state index in [1.165, 1.54) is 0 Å². The lowest BCUT2D eigenvalue weighted by atomic mass is 10.2. The summed E-state index contributed by atoms with van der Waals surface area (Å²) in [6.45, 7) is 1.87. The topological polar surface area (TPSA) is 52.3 Å². The summed E-state index contributed by atoms with van der Waals surface area (Å²) in [5.41, 5.74) is 5.09. The molecular weight excluding hydrogens is 237 g/mol. The molecule has 1 amide bonds. The van der Waals surface area contributed by atoms with Crippen LogP contribution in [0.5, 0.6) is 5.75 Å². The molecule has 0 fully saturated rings. The Morgan fingerprint density at radius 3 is 2.80 bits per heavy atom. The molecular formula is C10H11Cl2NO2. The van der Waals surface area contributed by atoms with Crippen LogP contribution in [0.1, 0.15) is 6.92 Å². The highest BCUT2D eigenvalue weighted by atomic mass is 35.5. The van der Waals surface area contributed by atoms with Gasteiger partial charge < -0.3 is 10.5 Å². The zero-order valence-electron chi connectivity index (χ0n) is 8.17. The Labute approximate surface area is 98.1 Å². The standard InChI is InChI=1S/C10H11Cl2NO2/c1-6(10(13)14)5-15-9-4-7(11)2-3-8(9)12/h2-4,6H,5H2,1H3,(H2,13,14). The summed E-state index contributed by atoms with van der Waals surface area (Å²) in [6, 6.07) is 4.89. The van der Waals surface area contributed by atoms with Gasteiger partial charge in [0.1, 0.15) is 5.75 Å². The second-order valence-electron chi connectivity index (χ2n) is 3.19. The summed E-state index contributed by atoms with van der Waals surface area (Å²) in [4.78, 5) is 10.8. The molecule has 0 bridgehead atoms. The van der Waals surface area contributed by atoms with E-state index in [0.717, 1.165) is 0 Å². The van der Waals surface area contributed by atoms with Gasteiger partial charge in [0.15, 0.2) is 0 Å². The third-order valence-corrected chi connectivity index (χ3v) is 2.42. The van der Waals surface area contributed by atoms with Gasteiger partial charge in [0.05, 0.1) is 17.5 Å².